The Balaban J connectivity index is 1.35. The van der Waals surface area contributed by atoms with Crippen molar-refractivity contribution in [2.45, 2.75) is 103 Å². The number of esters is 1. The number of aliphatic hydroxyl groups is 1. The molecule has 0 aliphatic carbocycles. The number of guanidine groups is 1. The predicted octanol–water partition coefficient (Wildman–Crippen LogP) is 6.41. The molecule has 7 N–H and O–H groups in total. The van der Waals surface area contributed by atoms with Crippen LogP contribution in [-0.2, 0) is 40.1 Å². The Morgan fingerprint density at radius 1 is 1.07 bits per heavy atom. The number of nitrogens with two attached hydrogens (primary N) is 2. The third-order valence-corrected chi connectivity index (χ3v) is 13.2. The predicted molar refractivity (Wildman–Crippen MR) is 230 cm³/mol. The van der Waals surface area contributed by atoms with Gasteiger partial charge < -0.3 is 41.4 Å². The molecule has 3 aromatic rings. The molecule has 2 aliphatic heterocycles. The van der Waals surface area contributed by atoms with Gasteiger partial charge in [-0.2, -0.15) is 0 Å². The third-order valence-electron chi connectivity index (χ3n) is 11.0. The number of aliphatic imine (C=N–C) groups is 1. The van der Waals surface area contributed by atoms with Gasteiger partial charge in [0.15, 0.2) is 17.5 Å². The molecule has 5 rings (SSSR count). The van der Waals surface area contributed by atoms with Gasteiger partial charge >= 0.3 is 5.97 Å². The van der Waals surface area contributed by atoms with Crippen LogP contribution in [0.4, 0.5) is 5.82 Å². The van der Waals surface area contributed by atoms with E-state index in [0.29, 0.717) is 92.9 Å². The topological polar surface area (TPSA) is 186 Å². The van der Waals surface area contributed by atoms with E-state index in [-0.39, 0.29) is 24.2 Å². The summed E-state index contributed by atoms with van der Waals surface area (Å²) in [6.07, 6.45) is 9.21. The average molecular weight is 821 g/mol. The molecule has 310 valence electrons. The summed E-state index contributed by atoms with van der Waals surface area (Å²) in [7, 11) is 5.01. The SMILES string of the molecule is COc1cc2cc(c1O)CN1CC(Cc3ccnc(N)c3)(CCNC(N)=NCSSCC(CCc3ccccc3)CCCCC(O)CC(OC(C)=O)CC2)CC1=O. The number of pyridine rings is 1. The molecule has 4 atom stereocenters. The number of carbonyl (C=O) groups excluding carboxylic acids is 2. The van der Waals surface area contributed by atoms with Gasteiger partial charge in [-0.25, -0.2) is 9.98 Å². The lowest BCUT2D eigenvalue weighted by Gasteiger charge is -2.29. The highest BCUT2D eigenvalue weighted by Gasteiger charge is 2.43. The number of nitrogens with zero attached hydrogens (tertiary/aromatic N) is 3. The number of aromatic nitrogens is 1. The van der Waals surface area contributed by atoms with Crippen molar-refractivity contribution in [3.05, 3.63) is 83.0 Å². The molecule has 0 radical (unpaired) electrons. The number of phenols is 1. The second-order valence-corrected chi connectivity index (χ2v) is 18.1. The summed E-state index contributed by atoms with van der Waals surface area (Å²) in [6, 6.07) is 18.0. The van der Waals surface area contributed by atoms with Gasteiger partial charge in [0.05, 0.1) is 19.1 Å². The number of nitrogen functional groups attached to an aromatic ring is 1. The van der Waals surface area contributed by atoms with Crippen molar-refractivity contribution in [2.24, 2.45) is 22.1 Å². The van der Waals surface area contributed by atoms with E-state index in [1.165, 1.54) is 19.6 Å². The number of hydrogen-bond acceptors (Lipinski definition) is 13. The van der Waals surface area contributed by atoms with Crippen molar-refractivity contribution in [3.8, 4) is 11.5 Å². The van der Waals surface area contributed by atoms with Gasteiger partial charge in [0, 0.05) is 62.3 Å². The summed E-state index contributed by atoms with van der Waals surface area (Å²) in [6.45, 7) is 2.58. The quantitative estimate of drug-likeness (QED) is 0.131. The third kappa shape index (κ3) is 14.3. The fraction of sp³-hybridized carbons (Fsp3) is 0.535. The van der Waals surface area contributed by atoms with Gasteiger partial charge in [0.1, 0.15) is 11.9 Å². The number of aromatic hydroxyl groups is 1. The molecule has 1 saturated heterocycles. The highest BCUT2D eigenvalue weighted by atomic mass is 33.1. The first-order valence-corrected chi connectivity index (χ1v) is 22.5. The number of ether oxygens (including phenoxy) is 2. The Morgan fingerprint density at radius 2 is 1.88 bits per heavy atom. The van der Waals surface area contributed by atoms with Gasteiger partial charge in [-0.3, -0.25) is 9.59 Å². The zero-order valence-corrected chi connectivity index (χ0v) is 35.0. The van der Waals surface area contributed by atoms with E-state index in [0.717, 1.165) is 49.0 Å². The molecule has 0 spiro atoms. The van der Waals surface area contributed by atoms with Crippen molar-refractivity contribution in [3.63, 3.8) is 0 Å². The van der Waals surface area contributed by atoms with E-state index in [1.807, 2.05) is 35.1 Å². The normalized spacial score (nSPS) is 23.6. The van der Waals surface area contributed by atoms with E-state index in [9.17, 15) is 19.8 Å². The van der Waals surface area contributed by atoms with Crippen LogP contribution in [0.15, 0.2) is 65.8 Å². The lowest BCUT2D eigenvalue weighted by molar-refractivity contribution is -0.148. The lowest BCUT2D eigenvalue weighted by Crippen LogP contribution is -2.37. The highest BCUT2D eigenvalue weighted by Crippen LogP contribution is 2.41. The number of anilines is 1. The van der Waals surface area contributed by atoms with Crippen LogP contribution in [0.1, 0.15) is 87.0 Å². The zero-order chi connectivity index (χ0) is 40.6. The minimum Gasteiger partial charge on any atom is -0.504 e. The van der Waals surface area contributed by atoms with Crippen LogP contribution in [0.3, 0.4) is 0 Å². The van der Waals surface area contributed by atoms with Gasteiger partial charge in [-0.15, -0.1) is 0 Å². The van der Waals surface area contributed by atoms with Crippen LogP contribution >= 0.6 is 21.6 Å². The fourth-order valence-corrected chi connectivity index (χ4v) is 10.2. The number of phenolic OH excluding ortho intramolecular Hbond substituents is 1. The number of nitrogens with one attached hydrogen (secondary N) is 1. The Bertz CT molecular complexity index is 1780. The number of benzene rings is 2. The van der Waals surface area contributed by atoms with Crippen molar-refractivity contribution in [2.75, 3.05) is 37.6 Å². The Kier molecular flexibility index (Phi) is 17.1. The van der Waals surface area contributed by atoms with E-state index in [1.54, 1.807) is 28.0 Å². The van der Waals surface area contributed by atoms with Gasteiger partial charge in [-0.05, 0) is 92.2 Å². The van der Waals surface area contributed by atoms with Crippen LogP contribution in [-0.4, -0.2) is 82.0 Å². The van der Waals surface area contributed by atoms with Crippen molar-refractivity contribution in [1.29, 1.82) is 0 Å². The fourth-order valence-electron chi connectivity index (χ4n) is 8.03. The van der Waals surface area contributed by atoms with E-state index in [4.69, 9.17) is 20.9 Å². The maximum absolute atomic E-state index is 13.8. The summed E-state index contributed by atoms with van der Waals surface area (Å²) >= 11 is 0. The summed E-state index contributed by atoms with van der Waals surface area (Å²) in [5, 5.41) is 25.6. The number of fused-ring (bicyclic) bond motifs is 4. The maximum Gasteiger partial charge on any atom is 0.302 e. The molecule has 3 heterocycles. The number of aliphatic hydroxyl groups excluding tert-OH is 1. The zero-order valence-electron chi connectivity index (χ0n) is 33.4. The second-order valence-electron chi connectivity index (χ2n) is 15.6. The molecule has 57 heavy (non-hydrogen) atoms. The number of methoxy groups -OCH3 is 1. The first-order chi connectivity index (χ1) is 27.5. The molecule has 4 bridgehead atoms. The molecule has 2 aromatic carbocycles. The first kappa shape index (κ1) is 44.0. The molecule has 14 heteroatoms. The van der Waals surface area contributed by atoms with Crippen LogP contribution < -0.4 is 21.5 Å². The van der Waals surface area contributed by atoms with E-state index in [2.05, 4.69) is 39.6 Å². The monoisotopic (exact) mass is 820 g/mol. The maximum atomic E-state index is 13.8. The summed E-state index contributed by atoms with van der Waals surface area (Å²) in [4.78, 5) is 36.4. The number of hydrogen-bond donors (Lipinski definition) is 5. The van der Waals surface area contributed by atoms with Crippen LogP contribution in [0.5, 0.6) is 11.5 Å². The van der Waals surface area contributed by atoms with Crippen LogP contribution in [0, 0.1) is 11.3 Å². The highest BCUT2D eigenvalue weighted by molar-refractivity contribution is 8.76. The standard InChI is InChI=1S/C43H60N6O6S2/c1-30(50)55-37-15-14-33-20-35(41(53)38(21-33)54-2)26-49-28-43(25-40(49)52,24-34-16-18-46-39(44)22-34)17-19-47-42(45)48-29-57-56-27-32(10-6-7-11-36(51)23-37)13-12-31-8-4-3-5-9-31/h3-5,8-9,16,18,20-22,32,36-37,51,53H,6-7,10-15,17,19,23-29H2,1-2H3,(H2,44,46)(H3,45,47,48). The van der Waals surface area contributed by atoms with Gasteiger partial charge in [0.2, 0.25) is 5.91 Å². The molecule has 2 aliphatic rings. The number of aryl methyl sites for hydroxylation is 2. The van der Waals surface area contributed by atoms with E-state index >= 15 is 0 Å². The first-order valence-electron chi connectivity index (χ1n) is 20.0. The van der Waals surface area contributed by atoms with E-state index < -0.39 is 17.6 Å². The molecular weight excluding hydrogens is 761 g/mol. The van der Waals surface area contributed by atoms with Gasteiger partial charge in [0.25, 0.3) is 0 Å². The molecule has 12 nitrogen and oxygen atoms in total. The Labute approximate surface area is 345 Å². The van der Waals surface area contributed by atoms with Crippen molar-refractivity contribution < 1.29 is 29.3 Å². The van der Waals surface area contributed by atoms with Gasteiger partial charge in [-0.1, -0.05) is 70.8 Å². The van der Waals surface area contributed by atoms with Crippen LogP contribution in [0.25, 0.3) is 0 Å². The number of carbonyl (C=O) groups is 2. The minimum atomic E-state index is -0.604. The summed E-state index contributed by atoms with van der Waals surface area (Å²) < 4.78 is 11.3. The molecular formula is C43H60N6O6S2. The largest absolute Gasteiger partial charge is 0.504 e. The number of rotatable bonds is 7. The molecule has 4 unspecified atom stereocenters. The van der Waals surface area contributed by atoms with Crippen molar-refractivity contribution >= 4 is 45.2 Å². The number of amides is 1. The minimum absolute atomic E-state index is 0.0146. The van der Waals surface area contributed by atoms with Crippen molar-refractivity contribution in [1.82, 2.24) is 15.2 Å². The molecule has 1 fully saturated rings. The average Bonchev–Trinajstić information content (AvgIpc) is 3.48. The lowest BCUT2D eigenvalue weighted by atomic mass is 9.78. The molecule has 1 aromatic heterocycles. The second kappa shape index (κ2) is 22.1. The molecule has 0 saturated carbocycles. The summed E-state index contributed by atoms with van der Waals surface area (Å²) in [5.74, 6) is 2.71. The summed E-state index contributed by atoms with van der Waals surface area (Å²) in [5.41, 5.74) is 15.7. The molecule has 1 amide bonds. The Morgan fingerprint density at radius 3 is 2.65 bits per heavy atom. The van der Waals surface area contributed by atoms with Crippen LogP contribution in [0.2, 0.25) is 0 Å². The smallest absolute Gasteiger partial charge is 0.302 e. The Hall–Kier alpha value is -4.14.